The van der Waals surface area contributed by atoms with Gasteiger partial charge < -0.3 is 14.5 Å². The number of nitrogens with zero attached hydrogens (tertiary/aromatic N) is 6. The Morgan fingerprint density at radius 2 is 0.946 bits per heavy atom. The minimum atomic E-state index is -0.0881. The van der Waals surface area contributed by atoms with Crippen LogP contribution in [0, 0.1) is 65.1 Å². The lowest BCUT2D eigenvalue weighted by atomic mass is 9.84. The van der Waals surface area contributed by atoms with Crippen molar-refractivity contribution in [2.45, 2.75) is 205 Å². The van der Waals surface area contributed by atoms with Crippen LogP contribution in [0.5, 0.6) is 0 Å². The summed E-state index contributed by atoms with van der Waals surface area (Å²) in [5.74, 6) is 5.70. The Labute approximate surface area is 448 Å². The molecule has 10 rings (SSSR count). The average molecular weight is 1020 g/mol. The smallest absolute Gasteiger partial charge is 0.240 e. The number of rotatable bonds is 8. The maximum Gasteiger partial charge on any atom is 0.240 e. The number of carbonyl (C=O) groups excluding carboxylic acids is 4. The lowest BCUT2D eigenvalue weighted by Gasteiger charge is -2.42. The number of amides is 4. The van der Waals surface area contributed by atoms with Crippen molar-refractivity contribution in [1.29, 1.82) is 0 Å². The Morgan fingerprint density at radius 3 is 1.50 bits per heavy atom. The maximum absolute atomic E-state index is 13.2. The Morgan fingerprint density at radius 1 is 0.446 bits per heavy atom. The third-order valence-electron chi connectivity index (χ3n) is 18.4. The molecule has 8 aliphatic heterocycles. The highest BCUT2D eigenvalue weighted by molar-refractivity contribution is 5.99. The lowest BCUT2D eigenvalue weighted by molar-refractivity contribution is -0.163. The minimum Gasteiger partial charge on any atom is -0.356 e. The number of hydrogen-bond acceptors (Lipinski definition) is 7. The molecule has 0 N–H and O–H groups in total. The van der Waals surface area contributed by atoms with E-state index in [0.29, 0.717) is 89.8 Å². The van der Waals surface area contributed by atoms with E-state index in [1.54, 1.807) is 0 Å². The van der Waals surface area contributed by atoms with E-state index in [2.05, 4.69) is 172 Å². The van der Waals surface area contributed by atoms with Crippen molar-refractivity contribution >= 4 is 29.3 Å². The monoisotopic (exact) mass is 1020 g/mol. The third kappa shape index (κ3) is 12.0. The van der Waals surface area contributed by atoms with Crippen molar-refractivity contribution in [3.63, 3.8) is 0 Å². The molecule has 5 saturated heterocycles. The topological polar surface area (TPSA) is 97.0 Å². The Bertz CT molecular complexity index is 2240. The molecule has 8 aliphatic rings. The first kappa shape index (κ1) is 57.9. The molecule has 0 bridgehead atoms. The zero-order chi connectivity index (χ0) is 54.0. The van der Waals surface area contributed by atoms with E-state index in [4.69, 9.17) is 4.74 Å². The highest BCUT2D eigenvalue weighted by Crippen LogP contribution is 2.44. The van der Waals surface area contributed by atoms with Crippen LogP contribution in [0.25, 0.3) is 0 Å². The molecule has 11 heteroatoms. The number of hydrogen-bond donors (Lipinski definition) is 0. The predicted molar refractivity (Wildman–Crippen MR) is 300 cm³/mol. The molecule has 0 radical (unpaired) electrons. The highest BCUT2D eigenvalue weighted by atomic mass is 16.5. The van der Waals surface area contributed by atoms with E-state index in [1.807, 2.05) is 11.0 Å². The van der Waals surface area contributed by atoms with E-state index < -0.39 is 0 Å². The second-order valence-electron chi connectivity index (χ2n) is 26.1. The third-order valence-corrected chi connectivity index (χ3v) is 18.4. The van der Waals surface area contributed by atoms with Gasteiger partial charge in [0.25, 0.3) is 0 Å². The van der Waals surface area contributed by atoms with Gasteiger partial charge in [-0.2, -0.15) is 0 Å². The van der Waals surface area contributed by atoms with Crippen LogP contribution >= 0.6 is 0 Å². The van der Waals surface area contributed by atoms with Crippen molar-refractivity contribution in [3.05, 3.63) is 64.7 Å². The van der Waals surface area contributed by atoms with Crippen molar-refractivity contribution in [2.75, 3.05) is 37.7 Å². The summed E-state index contributed by atoms with van der Waals surface area (Å²) >= 11 is 0. The summed E-state index contributed by atoms with van der Waals surface area (Å²) in [5, 5.41) is 8.77. The number of aryl methyl sites for hydroxylation is 1. The number of benzene rings is 2. The molecule has 8 heterocycles. The molecule has 0 aromatic heterocycles. The zero-order valence-electron chi connectivity index (χ0n) is 49.0. The fraction of sp³-hybridized carbons (Fsp3) is 0.746. The summed E-state index contributed by atoms with van der Waals surface area (Å²) in [6, 6.07) is 16.4. The average Bonchev–Trinajstić information content (AvgIpc) is 4.11. The molecule has 2 aromatic rings. The van der Waals surface area contributed by atoms with Crippen molar-refractivity contribution in [1.82, 2.24) is 24.9 Å². The molecule has 0 unspecified atom stereocenters. The molecule has 5 fully saturated rings. The van der Waals surface area contributed by atoms with Crippen LogP contribution in [-0.4, -0.2) is 112 Å². The second kappa shape index (κ2) is 24.7. The Balaban J connectivity index is 0.000000145. The van der Waals surface area contributed by atoms with E-state index in [9.17, 15) is 19.2 Å². The molecule has 0 aliphatic carbocycles. The summed E-state index contributed by atoms with van der Waals surface area (Å²) in [5.41, 5.74) is 6.46. The number of anilines is 1. The van der Waals surface area contributed by atoms with E-state index in [-0.39, 0.29) is 41.8 Å². The molecule has 9 atom stereocenters. The van der Waals surface area contributed by atoms with Gasteiger partial charge in [-0.15, -0.1) is 0 Å². The van der Waals surface area contributed by atoms with Gasteiger partial charge in [-0.1, -0.05) is 153 Å². The minimum absolute atomic E-state index is 0.0471. The number of ether oxygens (including phenoxy) is 1. The molecular formula is C63H100N6O5. The summed E-state index contributed by atoms with van der Waals surface area (Å²) in [6.07, 6.45) is 9.35. The first-order valence-electron chi connectivity index (χ1n) is 29.7. The van der Waals surface area contributed by atoms with Gasteiger partial charge >= 0.3 is 0 Å². The van der Waals surface area contributed by atoms with Crippen molar-refractivity contribution in [3.8, 4) is 0 Å². The Hall–Kier alpha value is -3.80. The molecule has 0 spiro atoms. The molecular weight excluding hydrogens is 921 g/mol. The van der Waals surface area contributed by atoms with Crippen LogP contribution in [0.4, 0.5) is 5.69 Å². The summed E-state index contributed by atoms with van der Waals surface area (Å²) in [4.78, 5) is 55.6. The van der Waals surface area contributed by atoms with Crippen LogP contribution in [-0.2, 0) is 43.2 Å². The molecule has 74 heavy (non-hydrogen) atoms. The van der Waals surface area contributed by atoms with Crippen LogP contribution in [0.1, 0.15) is 177 Å². The van der Waals surface area contributed by atoms with Gasteiger partial charge in [0, 0.05) is 56.4 Å². The number of carbonyl (C=O) groups is 4. The number of hydrazine groups is 2. The number of para-hydroxylation sites is 1. The number of fused-ring (bicyclic) bond motifs is 4. The molecule has 412 valence electrons. The predicted octanol–water partition coefficient (Wildman–Crippen LogP) is 11.7. The molecule has 0 saturated carbocycles. The van der Waals surface area contributed by atoms with Gasteiger partial charge in [0.2, 0.25) is 23.6 Å². The summed E-state index contributed by atoms with van der Waals surface area (Å²) in [7, 11) is 0. The largest absolute Gasteiger partial charge is 0.356 e. The zero-order valence-corrected chi connectivity index (χ0v) is 49.0. The van der Waals surface area contributed by atoms with E-state index >= 15 is 0 Å². The Kier molecular flexibility index (Phi) is 19.3. The van der Waals surface area contributed by atoms with Gasteiger partial charge in [-0.25, -0.2) is 10.0 Å². The second-order valence-corrected chi connectivity index (χ2v) is 26.1. The van der Waals surface area contributed by atoms with Crippen LogP contribution in [0.2, 0.25) is 0 Å². The standard InChI is InChI=1S/C18H25NO2.C18H25NO.C14H26N2O.C13H24N2O/c1-11(2)15-10-21-16-9-13-7-5-6-8-14(13)17(12(3)4)18(20)19(15)16;1-11(2)15-9-8-13-6-5-7-14-10-16(12(3)4)19(17(13)14)18(15)20;1-10(2)12-6-5-8-15-9-7-13(11(3)4)16(15)14(12)17;1-9(2)11-5-7-14-8-6-12(10(3)4)15(14)13(11)16/h5-8,11-12,15-17H,9-10H2,1-4H3;5-7,11-12,15-16H,8-10H2,1-4H3;10-13H,5-9H2,1-4H3;9-12H,5-8H2,1-4H3/t15-,16+,17-;15-,16+;12-,13+;11-,12+/m0111/s1. The van der Waals surface area contributed by atoms with Crippen LogP contribution < -0.4 is 4.90 Å². The normalized spacial score (nSPS) is 29.0. The first-order valence-corrected chi connectivity index (χ1v) is 29.7. The molecule has 2 aromatic carbocycles. The van der Waals surface area contributed by atoms with Gasteiger partial charge in [0.1, 0.15) is 6.23 Å². The quantitative estimate of drug-likeness (QED) is 0.260. The summed E-state index contributed by atoms with van der Waals surface area (Å²) < 4.78 is 5.97. The van der Waals surface area contributed by atoms with E-state index in [0.717, 1.165) is 84.0 Å². The highest BCUT2D eigenvalue weighted by Gasteiger charge is 2.48. The van der Waals surface area contributed by atoms with Gasteiger partial charge in [-0.3, -0.25) is 29.2 Å². The summed E-state index contributed by atoms with van der Waals surface area (Å²) in [6.45, 7) is 40.0. The fourth-order valence-electron chi connectivity index (χ4n) is 13.9. The van der Waals surface area contributed by atoms with Crippen LogP contribution in [0.15, 0.2) is 42.5 Å². The van der Waals surface area contributed by atoms with Gasteiger partial charge in [0.05, 0.1) is 36.3 Å². The maximum atomic E-state index is 13.2. The molecule has 11 nitrogen and oxygen atoms in total. The van der Waals surface area contributed by atoms with E-state index in [1.165, 1.54) is 27.9 Å². The molecule has 4 amide bonds. The SMILES string of the molecule is CC(C)[C@@H]1C(=O)N2[C@@H](Cc3ccccc31)OC[C@H]2C(C)C.CC(C)[C@H]1CCCN2CC[C@@H](C(C)C)N2C1=O.CC(C)[C@H]1CCN2CC[C@@H](C(C)C)N2C1=O.CC(C)[C@H]1CCc2cccc3c2N(C1=O)[C@H](C(C)C)C3. The van der Waals surface area contributed by atoms with Gasteiger partial charge in [-0.05, 0) is 121 Å². The van der Waals surface area contributed by atoms with Crippen molar-refractivity contribution in [2.24, 2.45) is 65.1 Å². The lowest BCUT2D eigenvalue weighted by Crippen LogP contribution is -2.54. The fourth-order valence-corrected chi connectivity index (χ4v) is 13.9. The first-order chi connectivity index (χ1) is 35.0. The van der Waals surface area contributed by atoms with Crippen LogP contribution in [0.3, 0.4) is 0 Å². The van der Waals surface area contributed by atoms with Crippen molar-refractivity contribution < 1.29 is 23.9 Å². The van der Waals surface area contributed by atoms with Gasteiger partial charge in [0.15, 0.2) is 0 Å².